The zero-order valence-electron chi connectivity index (χ0n) is 8.50. The Morgan fingerprint density at radius 2 is 2.20 bits per heavy atom. The Kier molecular flexibility index (Phi) is 2.38. The van der Waals surface area contributed by atoms with E-state index < -0.39 is 0 Å². The second-order valence-electron chi connectivity index (χ2n) is 4.63. The molecule has 0 bridgehead atoms. The second kappa shape index (κ2) is 3.51. The van der Waals surface area contributed by atoms with Crippen LogP contribution in [0.15, 0.2) is 27.6 Å². The summed E-state index contributed by atoms with van der Waals surface area (Å²) in [7, 11) is 0. The van der Waals surface area contributed by atoms with Crippen molar-refractivity contribution in [3.8, 4) is 0 Å². The van der Waals surface area contributed by atoms with Gasteiger partial charge in [-0.1, -0.05) is 28.4 Å². The van der Waals surface area contributed by atoms with Crippen molar-refractivity contribution in [2.45, 2.75) is 41.4 Å². The van der Waals surface area contributed by atoms with Crippen LogP contribution in [-0.2, 0) is 0 Å². The molecule has 1 atom stereocenters. The van der Waals surface area contributed by atoms with Gasteiger partial charge in [0.05, 0.1) is 0 Å². The molecular weight excluding hydrogens is 270 g/mol. The molecule has 1 aromatic rings. The van der Waals surface area contributed by atoms with Gasteiger partial charge in [-0.3, -0.25) is 0 Å². The van der Waals surface area contributed by atoms with Crippen LogP contribution in [0.4, 0.5) is 0 Å². The maximum Gasteiger partial charge on any atom is 0.0319 e. The summed E-state index contributed by atoms with van der Waals surface area (Å²) < 4.78 is 1.64. The van der Waals surface area contributed by atoms with Crippen LogP contribution in [0.1, 0.15) is 37.3 Å². The Morgan fingerprint density at radius 3 is 2.87 bits per heavy atom. The van der Waals surface area contributed by atoms with Crippen LogP contribution in [0.25, 0.3) is 0 Å². The highest BCUT2D eigenvalue weighted by molar-refractivity contribution is 9.10. The minimum absolute atomic E-state index is 0.245. The van der Waals surface area contributed by atoms with Crippen molar-refractivity contribution >= 4 is 27.7 Å². The summed E-state index contributed by atoms with van der Waals surface area (Å²) in [5.41, 5.74) is 7.59. The highest BCUT2D eigenvalue weighted by Crippen LogP contribution is 2.56. The van der Waals surface area contributed by atoms with E-state index in [9.17, 15) is 0 Å². The number of hydrogen-bond acceptors (Lipinski definition) is 2. The third-order valence-corrected chi connectivity index (χ3v) is 5.63. The van der Waals surface area contributed by atoms with E-state index in [4.69, 9.17) is 5.73 Å². The molecule has 1 aromatic carbocycles. The lowest BCUT2D eigenvalue weighted by Crippen LogP contribution is -2.39. The van der Waals surface area contributed by atoms with Crippen molar-refractivity contribution in [1.82, 2.24) is 0 Å². The van der Waals surface area contributed by atoms with Gasteiger partial charge in [-0.05, 0) is 37.0 Å². The lowest BCUT2D eigenvalue weighted by molar-refractivity contribution is 0.314. The third kappa shape index (κ3) is 1.65. The lowest BCUT2D eigenvalue weighted by Gasteiger charge is -2.46. The molecule has 0 amide bonds. The van der Waals surface area contributed by atoms with E-state index >= 15 is 0 Å². The van der Waals surface area contributed by atoms with Gasteiger partial charge in [0.2, 0.25) is 0 Å². The fourth-order valence-corrected chi connectivity index (χ4v) is 4.82. The number of benzene rings is 1. The molecule has 3 heteroatoms. The average molecular weight is 284 g/mol. The Hall–Kier alpha value is 0.01000. The predicted molar refractivity (Wildman–Crippen MR) is 68.1 cm³/mol. The van der Waals surface area contributed by atoms with Crippen LogP contribution < -0.4 is 5.73 Å². The van der Waals surface area contributed by atoms with E-state index in [2.05, 4.69) is 45.9 Å². The number of fused-ring (bicyclic) bond motifs is 1. The summed E-state index contributed by atoms with van der Waals surface area (Å²) in [6.45, 7) is 0. The first-order chi connectivity index (χ1) is 7.19. The summed E-state index contributed by atoms with van der Waals surface area (Å²) >= 11 is 5.59. The van der Waals surface area contributed by atoms with E-state index in [-0.39, 0.29) is 6.04 Å². The highest BCUT2D eigenvalue weighted by Gasteiger charge is 2.43. The van der Waals surface area contributed by atoms with E-state index in [0.717, 1.165) is 10.9 Å². The molecule has 1 saturated carbocycles. The molecule has 1 aliphatic carbocycles. The van der Waals surface area contributed by atoms with Crippen LogP contribution in [0.5, 0.6) is 0 Å². The molecule has 1 fully saturated rings. The van der Waals surface area contributed by atoms with Gasteiger partial charge in [0.1, 0.15) is 0 Å². The lowest BCUT2D eigenvalue weighted by atomic mass is 9.78. The first kappa shape index (κ1) is 10.2. The maximum atomic E-state index is 6.25. The minimum atomic E-state index is 0.245. The molecule has 1 aliphatic heterocycles. The van der Waals surface area contributed by atoms with Crippen molar-refractivity contribution in [3.05, 3.63) is 28.2 Å². The summed E-state index contributed by atoms with van der Waals surface area (Å²) in [6.07, 6.45) is 5.23. The molecule has 80 valence electrons. The second-order valence-corrected chi connectivity index (χ2v) is 7.06. The quantitative estimate of drug-likeness (QED) is 0.782. The molecule has 0 saturated heterocycles. The van der Waals surface area contributed by atoms with E-state index in [1.807, 2.05) is 0 Å². The summed E-state index contributed by atoms with van der Waals surface area (Å²) in [5.74, 6) is 0. The SMILES string of the molecule is N[C@H]1CC2(CCC2)Sc2cc(Br)ccc21. The summed E-state index contributed by atoms with van der Waals surface area (Å²) in [4.78, 5) is 1.39. The summed E-state index contributed by atoms with van der Waals surface area (Å²) in [6, 6.07) is 6.73. The predicted octanol–water partition coefficient (Wildman–Crippen LogP) is 3.87. The van der Waals surface area contributed by atoms with Crippen LogP contribution in [0.2, 0.25) is 0 Å². The smallest absolute Gasteiger partial charge is 0.0319 e. The van der Waals surface area contributed by atoms with Crippen LogP contribution in [0, 0.1) is 0 Å². The molecule has 15 heavy (non-hydrogen) atoms. The number of thioether (sulfide) groups is 1. The Morgan fingerprint density at radius 1 is 1.40 bits per heavy atom. The summed E-state index contributed by atoms with van der Waals surface area (Å²) in [5, 5.41) is 0. The number of halogens is 1. The van der Waals surface area contributed by atoms with E-state index in [1.54, 1.807) is 0 Å². The number of rotatable bonds is 0. The molecule has 2 aliphatic rings. The van der Waals surface area contributed by atoms with Crippen LogP contribution >= 0.6 is 27.7 Å². The van der Waals surface area contributed by atoms with Crippen molar-refractivity contribution in [3.63, 3.8) is 0 Å². The standard InChI is InChI=1S/C12H14BrNS/c13-8-2-3-9-10(14)7-12(4-1-5-12)15-11(9)6-8/h2-3,6,10H,1,4-5,7,14H2/t10-/m0/s1. The van der Waals surface area contributed by atoms with Gasteiger partial charge in [0.15, 0.2) is 0 Å². The fraction of sp³-hybridized carbons (Fsp3) is 0.500. The largest absolute Gasteiger partial charge is 0.324 e. The van der Waals surface area contributed by atoms with Gasteiger partial charge < -0.3 is 5.73 Å². The monoisotopic (exact) mass is 283 g/mol. The molecule has 1 nitrogen and oxygen atoms in total. The molecule has 0 radical (unpaired) electrons. The topological polar surface area (TPSA) is 26.0 Å². The van der Waals surface area contributed by atoms with Gasteiger partial charge in [-0.15, -0.1) is 11.8 Å². The molecular formula is C12H14BrNS. The van der Waals surface area contributed by atoms with E-state index in [0.29, 0.717) is 4.75 Å². The normalized spacial score (nSPS) is 27.2. The van der Waals surface area contributed by atoms with Crippen molar-refractivity contribution < 1.29 is 0 Å². The van der Waals surface area contributed by atoms with E-state index in [1.165, 1.54) is 29.7 Å². The first-order valence-corrected chi connectivity index (χ1v) is 7.04. The average Bonchev–Trinajstić information content (AvgIpc) is 2.14. The fourth-order valence-electron chi connectivity index (χ4n) is 2.57. The van der Waals surface area contributed by atoms with Gasteiger partial charge in [0.25, 0.3) is 0 Å². The maximum absolute atomic E-state index is 6.25. The molecule has 0 unspecified atom stereocenters. The Bertz CT molecular complexity index is 401. The Balaban J connectivity index is 2.01. The number of nitrogens with two attached hydrogens (primary N) is 1. The van der Waals surface area contributed by atoms with Gasteiger partial charge in [0, 0.05) is 20.2 Å². The molecule has 1 heterocycles. The number of hydrogen-bond donors (Lipinski definition) is 1. The highest BCUT2D eigenvalue weighted by atomic mass is 79.9. The van der Waals surface area contributed by atoms with Crippen molar-refractivity contribution in [2.75, 3.05) is 0 Å². The van der Waals surface area contributed by atoms with Gasteiger partial charge in [-0.25, -0.2) is 0 Å². The Labute approximate surface area is 103 Å². The van der Waals surface area contributed by atoms with Crippen molar-refractivity contribution in [2.24, 2.45) is 5.73 Å². The van der Waals surface area contributed by atoms with Crippen LogP contribution in [-0.4, -0.2) is 4.75 Å². The van der Waals surface area contributed by atoms with Gasteiger partial charge in [-0.2, -0.15) is 0 Å². The zero-order chi connectivity index (χ0) is 10.5. The molecule has 2 N–H and O–H groups in total. The molecule has 3 rings (SSSR count). The minimum Gasteiger partial charge on any atom is -0.324 e. The first-order valence-electron chi connectivity index (χ1n) is 5.43. The zero-order valence-corrected chi connectivity index (χ0v) is 10.9. The molecule has 0 aromatic heterocycles. The molecule has 1 spiro atoms. The third-order valence-electron chi connectivity index (χ3n) is 3.56. The van der Waals surface area contributed by atoms with Crippen molar-refractivity contribution in [1.29, 1.82) is 0 Å². The van der Waals surface area contributed by atoms with Crippen LogP contribution in [0.3, 0.4) is 0 Å². The van der Waals surface area contributed by atoms with Gasteiger partial charge >= 0.3 is 0 Å².